The number of benzene rings is 4. The van der Waals surface area contributed by atoms with Crippen molar-refractivity contribution in [3.8, 4) is 23.5 Å². The van der Waals surface area contributed by atoms with Crippen molar-refractivity contribution in [2.75, 3.05) is 106 Å². The van der Waals surface area contributed by atoms with Crippen LogP contribution in [-0.4, -0.2) is 156 Å². The number of amides is 2. The number of phenols is 2. The maximum Gasteiger partial charge on any atom is 0.318 e. The highest BCUT2D eigenvalue weighted by Gasteiger charge is 2.42. The molecule has 2 aromatic heterocycles. The third-order valence-corrected chi connectivity index (χ3v) is 16.3. The summed E-state index contributed by atoms with van der Waals surface area (Å²) in [4.78, 5) is 54.2. The molecule has 20 nitrogen and oxygen atoms in total. The monoisotopic (exact) mass is 1120 g/mol. The van der Waals surface area contributed by atoms with Gasteiger partial charge in [0.1, 0.15) is 59.1 Å². The number of aliphatic hydroxyl groups excluding tert-OH is 1. The number of hydrogen-bond acceptors (Lipinski definition) is 18. The van der Waals surface area contributed by atoms with Gasteiger partial charge in [0.25, 0.3) is 11.8 Å². The lowest BCUT2D eigenvalue weighted by Gasteiger charge is -2.25. The first-order valence-corrected chi connectivity index (χ1v) is 28.0. The molecule has 0 saturated carbocycles. The largest absolute Gasteiger partial charge is 0.508 e. The minimum absolute atomic E-state index is 0.00316. The van der Waals surface area contributed by atoms with Crippen LogP contribution in [0.25, 0.3) is 21.5 Å². The van der Waals surface area contributed by atoms with Gasteiger partial charge in [-0.25, -0.2) is 8.78 Å². The first-order chi connectivity index (χ1) is 39.1. The van der Waals surface area contributed by atoms with Crippen LogP contribution in [0.2, 0.25) is 0 Å². The van der Waals surface area contributed by atoms with Crippen LogP contribution in [0.1, 0.15) is 96.6 Å². The molecule has 81 heavy (non-hydrogen) atoms. The fraction of sp³-hybridized carbons (Fsp3) is 0.492. The average molecular weight is 1120 g/mol. The minimum atomic E-state index is -0.441. The Morgan fingerprint density at radius 3 is 1.56 bits per heavy atom. The molecule has 22 heteroatoms. The lowest BCUT2D eigenvalue weighted by atomic mass is 9.99. The van der Waals surface area contributed by atoms with E-state index >= 15 is 0 Å². The molecule has 6 aliphatic heterocycles. The lowest BCUT2D eigenvalue weighted by molar-refractivity contribution is 0.0989. The number of β-amino-alcohol motifs (C(OH)–C–C–N with tert-alkyl or cyclic N) is 1. The summed E-state index contributed by atoms with van der Waals surface area (Å²) in [5.41, 5.74) is 2.93. The smallest absolute Gasteiger partial charge is 0.318 e. The maximum absolute atomic E-state index is 14.9. The molecule has 430 valence electrons. The van der Waals surface area contributed by atoms with Gasteiger partial charge >= 0.3 is 12.0 Å². The third kappa shape index (κ3) is 11.2. The number of ether oxygens (including phenoxy) is 5. The number of hydrogen-bond donors (Lipinski definition) is 5. The molecule has 6 aliphatic rings. The molecule has 4 saturated heterocycles. The Bertz CT molecular complexity index is 3380. The Labute approximate surface area is 468 Å². The molecule has 6 aromatic rings. The number of aromatic nitrogens is 4. The van der Waals surface area contributed by atoms with Gasteiger partial charge in [-0.15, -0.1) is 0 Å². The summed E-state index contributed by atoms with van der Waals surface area (Å²) in [6.45, 7) is 14.6. The normalized spacial score (nSPS) is 23.0. The van der Waals surface area contributed by atoms with Gasteiger partial charge in [0.2, 0.25) is 0 Å². The van der Waals surface area contributed by atoms with Gasteiger partial charge in [-0.2, -0.15) is 19.9 Å². The predicted octanol–water partition coefficient (Wildman–Crippen LogP) is 6.49. The van der Waals surface area contributed by atoms with Crippen molar-refractivity contribution < 1.29 is 57.4 Å². The predicted molar refractivity (Wildman–Crippen MR) is 300 cm³/mol. The van der Waals surface area contributed by atoms with Crippen molar-refractivity contribution in [1.82, 2.24) is 30.6 Å². The zero-order valence-electron chi connectivity index (χ0n) is 46.4. The first-order valence-electron chi connectivity index (χ1n) is 28.0. The van der Waals surface area contributed by atoms with Crippen molar-refractivity contribution in [1.29, 1.82) is 0 Å². The highest BCUT2D eigenvalue weighted by Crippen LogP contribution is 2.43. The average Bonchev–Trinajstić information content (AvgIpc) is 4.31. The van der Waals surface area contributed by atoms with Crippen molar-refractivity contribution in [3.05, 3.63) is 93.8 Å². The van der Waals surface area contributed by atoms with E-state index in [2.05, 4.69) is 27.4 Å². The summed E-state index contributed by atoms with van der Waals surface area (Å²) in [5, 5.41) is 40.4. The highest BCUT2D eigenvalue weighted by molar-refractivity contribution is 6.17. The van der Waals surface area contributed by atoms with E-state index in [1.54, 1.807) is 36.3 Å². The van der Waals surface area contributed by atoms with Crippen molar-refractivity contribution in [2.24, 2.45) is 0 Å². The van der Waals surface area contributed by atoms with Crippen molar-refractivity contribution in [2.45, 2.75) is 103 Å². The number of nitrogens with one attached hydrogen (secondary N) is 2. The third-order valence-electron chi connectivity index (χ3n) is 16.3. The second-order valence-electron chi connectivity index (χ2n) is 22.3. The number of carbonyl (C=O) groups excluding carboxylic acids is 2. The highest BCUT2D eigenvalue weighted by atomic mass is 19.1. The van der Waals surface area contributed by atoms with Crippen LogP contribution < -0.4 is 39.7 Å². The van der Waals surface area contributed by atoms with Crippen LogP contribution in [-0.2, 0) is 40.1 Å². The van der Waals surface area contributed by atoms with Gasteiger partial charge in [0.15, 0.2) is 0 Å². The zero-order chi connectivity index (χ0) is 56.7. The summed E-state index contributed by atoms with van der Waals surface area (Å²) in [6, 6.07) is 12.6. The fourth-order valence-electron chi connectivity index (χ4n) is 12.2. The number of nitrogens with zero attached hydrogens (tertiary/aromatic N) is 8. The summed E-state index contributed by atoms with van der Waals surface area (Å²) in [5.74, 6) is -0.337. The van der Waals surface area contributed by atoms with Gasteiger partial charge in [0, 0.05) is 82.5 Å². The van der Waals surface area contributed by atoms with Crippen LogP contribution in [0.3, 0.4) is 0 Å². The van der Waals surface area contributed by atoms with Crippen molar-refractivity contribution >= 4 is 56.4 Å². The number of aliphatic hydroxyl groups is 1. The second kappa shape index (κ2) is 23.0. The molecule has 12 rings (SSSR count). The molecule has 2 amide bonds. The molecule has 8 heterocycles. The molecule has 0 aliphatic carbocycles. The first kappa shape index (κ1) is 55.8. The number of halogens is 2. The number of aryl methyl sites for hydroxylation is 2. The van der Waals surface area contributed by atoms with Crippen LogP contribution in [0, 0.1) is 11.6 Å². The van der Waals surface area contributed by atoms with Gasteiger partial charge in [0.05, 0.1) is 72.4 Å². The van der Waals surface area contributed by atoms with E-state index in [0.717, 1.165) is 25.8 Å². The Kier molecular flexibility index (Phi) is 15.9. The van der Waals surface area contributed by atoms with Gasteiger partial charge < -0.3 is 69.2 Å². The quantitative estimate of drug-likeness (QED) is 0.0833. The van der Waals surface area contributed by atoms with Crippen LogP contribution >= 0.6 is 0 Å². The van der Waals surface area contributed by atoms with E-state index in [1.807, 2.05) is 25.7 Å². The number of phenolic OH excluding ortho intramolecular Hbond substituents is 2. The topological polar surface area (TPSA) is 230 Å². The van der Waals surface area contributed by atoms with Gasteiger partial charge in [-0.1, -0.05) is 26.0 Å². The van der Waals surface area contributed by atoms with Gasteiger partial charge in [-0.3, -0.25) is 9.59 Å². The molecule has 5 N–H and O–H groups in total. The summed E-state index contributed by atoms with van der Waals surface area (Å²) in [7, 11) is 1.70. The molecule has 0 spiro atoms. The van der Waals surface area contributed by atoms with E-state index in [1.165, 1.54) is 29.2 Å². The van der Waals surface area contributed by atoms with Crippen LogP contribution in [0.4, 0.5) is 31.8 Å². The summed E-state index contributed by atoms with van der Waals surface area (Å²) in [6.07, 6.45) is 3.44. The van der Waals surface area contributed by atoms with E-state index in [9.17, 15) is 33.7 Å². The van der Waals surface area contributed by atoms with E-state index in [-0.39, 0.29) is 78.3 Å². The minimum Gasteiger partial charge on any atom is -0.508 e. The van der Waals surface area contributed by atoms with E-state index < -0.39 is 11.6 Å². The summed E-state index contributed by atoms with van der Waals surface area (Å²) < 4.78 is 58.8. The summed E-state index contributed by atoms with van der Waals surface area (Å²) >= 11 is 0. The maximum atomic E-state index is 14.9. The molecule has 4 unspecified atom stereocenters. The molecule has 4 fully saturated rings. The van der Waals surface area contributed by atoms with E-state index in [4.69, 9.17) is 38.6 Å². The number of methoxy groups -OCH3 is 1. The lowest BCUT2D eigenvalue weighted by Crippen LogP contribution is -2.42. The molecule has 4 atom stereocenters. The number of fused-ring (bicyclic) bond motifs is 4. The molecule has 4 aromatic carbocycles. The molecular weight excluding hydrogens is 1050 g/mol. The molecule has 0 bridgehead atoms. The van der Waals surface area contributed by atoms with Gasteiger partial charge in [-0.05, 0) is 98.5 Å². The second-order valence-corrected chi connectivity index (χ2v) is 22.3. The number of anilines is 4. The Balaban J connectivity index is 0.000000170. The number of carbonyl (C=O) groups is 2. The number of rotatable bonds is 13. The Morgan fingerprint density at radius 1 is 0.654 bits per heavy atom. The fourth-order valence-corrected chi connectivity index (χ4v) is 12.2. The molecular formula is C59H70F2N10O10. The standard InChI is InChI=1S/C30H36FN5O5.C29H34FN5O5/c1-4-21-22(31)7-6-18-12-19(37)13-24(25(18)21)36-16-23-26(28(36)38)27(35-8-5-10-40-11-9-35)34-29(33-23)41-17-30(2)14-20(39-3)15-32-30;1-3-20-21(30)6-5-17-11-18(36)12-23(24(17)20)35-15-22-25(27(35)38)26(34-7-4-9-39-10-8-34)33-28(32-22)40-16-29(2)13-19(37)14-31-29/h6-7,12-13,20,32,37H,4-5,8-11,14-17H2,1-3H3;5-6,11-12,19,31,36-37H,3-4,7-10,13-16H2,1-2H3. The zero-order valence-corrected chi connectivity index (χ0v) is 46.4. The molecule has 0 radical (unpaired) electrons. The Morgan fingerprint density at radius 2 is 1.12 bits per heavy atom. The Hall–Kier alpha value is -7.08. The number of aromatic hydroxyl groups is 2. The van der Waals surface area contributed by atoms with Crippen LogP contribution in [0.5, 0.6) is 23.5 Å². The SMILES string of the molecule is CCc1c(F)ccc2cc(O)cc(N3Cc4nc(OCC5(C)CC(O)CN5)nc(N5CCCOCC5)c4C3=O)c12.CCc1c(F)ccc2cc(O)cc(N3Cc4nc(OCC5(C)CC(OC)CN5)nc(N5CCCOCC5)c4C3=O)c12. The van der Waals surface area contributed by atoms with Crippen molar-refractivity contribution in [3.63, 3.8) is 0 Å². The van der Waals surface area contributed by atoms with Crippen LogP contribution in [0.15, 0.2) is 48.5 Å². The van der Waals surface area contributed by atoms with E-state index in [0.29, 0.717) is 163 Å².